The molecule has 2 atom stereocenters. The Morgan fingerprint density at radius 1 is 0.848 bits per heavy atom. The van der Waals surface area contributed by atoms with Gasteiger partial charge < -0.3 is 15.0 Å². The van der Waals surface area contributed by atoms with Crippen LogP contribution >= 0.6 is 0 Å². The zero-order valence-corrected chi connectivity index (χ0v) is 18.8. The molecular formula is C28H31N3O2. The van der Waals surface area contributed by atoms with Crippen LogP contribution in [0.15, 0.2) is 91.0 Å². The van der Waals surface area contributed by atoms with Crippen LogP contribution in [-0.2, 0) is 11.3 Å². The van der Waals surface area contributed by atoms with Gasteiger partial charge in [0, 0.05) is 50.7 Å². The molecule has 2 fully saturated rings. The van der Waals surface area contributed by atoms with Crippen LogP contribution in [0.4, 0.5) is 4.79 Å². The zero-order chi connectivity index (χ0) is 22.5. The number of rotatable bonds is 5. The summed E-state index contributed by atoms with van der Waals surface area (Å²) >= 11 is 0. The molecule has 1 N–H and O–H groups in total. The molecule has 3 aromatic rings. The number of hydrogen-bond acceptors (Lipinski definition) is 4. The van der Waals surface area contributed by atoms with E-state index in [1.165, 1.54) is 11.1 Å². The summed E-state index contributed by atoms with van der Waals surface area (Å²) in [6.07, 6.45) is -0.219. The summed E-state index contributed by atoms with van der Waals surface area (Å²) in [7, 11) is 0. The minimum atomic E-state index is -0.219. The van der Waals surface area contributed by atoms with Crippen molar-refractivity contribution in [1.29, 1.82) is 0 Å². The van der Waals surface area contributed by atoms with Crippen molar-refractivity contribution >= 4 is 6.09 Å². The van der Waals surface area contributed by atoms with Crippen molar-refractivity contribution in [2.24, 2.45) is 0 Å². The second-order valence-electron chi connectivity index (χ2n) is 8.90. The van der Waals surface area contributed by atoms with Crippen LogP contribution in [0.3, 0.4) is 0 Å². The molecule has 0 aromatic heterocycles. The summed E-state index contributed by atoms with van der Waals surface area (Å²) in [5.74, 6) is 0.277. The third-order valence-corrected chi connectivity index (χ3v) is 6.85. The molecule has 0 spiro atoms. The van der Waals surface area contributed by atoms with Crippen LogP contribution in [0.5, 0.6) is 0 Å². The van der Waals surface area contributed by atoms with Crippen molar-refractivity contribution in [3.63, 3.8) is 0 Å². The maximum atomic E-state index is 12.8. The number of carbonyl (C=O) groups is 1. The van der Waals surface area contributed by atoms with Gasteiger partial charge in [-0.15, -0.1) is 0 Å². The number of hydrogen-bond donors (Lipinski definition) is 1. The van der Waals surface area contributed by atoms with E-state index in [4.69, 9.17) is 4.74 Å². The van der Waals surface area contributed by atoms with Gasteiger partial charge in [-0.25, -0.2) is 4.79 Å². The fourth-order valence-electron chi connectivity index (χ4n) is 5.25. The predicted octanol–water partition coefficient (Wildman–Crippen LogP) is 4.11. The van der Waals surface area contributed by atoms with Crippen LogP contribution in [0.1, 0.15) is 22.6 Å². The quantitative estimate of drug-likeness (QED) is 0.647. The minimum absolute atomic E-state index is 0.219. The van der Waals surface area contributed by atoms with Crippen molar-refractivity contribution in [3.05, 3.63) is 108 Å². The summed E-state index contributed by atoms with van der Waals surface area (Å²) in [5, 5.41) is 3.65. The predicted molar refractivity (Wildman–Crippen MR) is 130 cm³/mol. The van der Waals surface area contributed by atoms with E-state index >= 15 is 0 Å². The number of nitrogens with zero attached hydrogens (tertiary/aromatic N) is 2. The van der Waals surface area contributed by atoms with E-state index in [-0.39, 0.29) is 18.1 Å². The maximum Gasteiger partial charge on any atom is 0.410 e. The van der Waals surface area contributed by atoms with Gasteiger partial charge in [0.05, 0.1) is 0 Å². The van der Waals surface area contributed by atoms with Gasteiger partial charge in [-0.05, 0) is 16.7 Å². The Hall–Kier alpha value is -3.15. The lowest BCUT2D eigenvalue weighted by Crippen LogP contribution is -2.66. The van der Waals surface area contributed by atoms with Crippen LogP contribution < -0.4 is 5.32 Å². The largest absolute Gasteiger partial charge is 0.445 e. The molecule has 1 amide bonds. The smallest absolute Gasteiger partial charge is 0.410 e. The highest BCUT2D eigenvalue weighted by atomic mass is 16.6. The molecule has 0 saturated carbocycles. The summed E-state index contributed by atoms with van der Waals surface area (Å²) in [6, 6.07) is 32.1. The van der Waals surface area contributed by atoms with Gasteiger partial charge in [0.25, 0.3) is 0 Å². The summed E-state index contributed by atoms with van der Waals surface area (Å²) in [6.45, 7) is 4.37. The number of piperazine rings is 2. The molecule has 5 heteroatoms. The molecular weight excluding hydrogens is 410 g/mol. The first-order chi connectivity index (χ1) is 16.3. The van der Waals surface area contributed by atoms with Gasteiger partial charge >= 0.3 is 6.09 Å². The molecule has 33 heavy (non-hydrogen) atoms. The Balaban J connectivity index is 1.30. The Morgan fingerprint density at radius 2 is 1.45 bits per heavy atom. The first-order valence-electron chi connectivity index (χ1n) is 11.8. The Kier molecular flexibility index (Phi) is 6.70. The number of ether oxygens (including phenoxy) is 1. The lowest BCUT2D eigenvalue weighted by Gasteiger charge is -2.50. The average molecular weight is 442 g/mol. The van der Waals surface area contributed by atoms with Gasteiger partial charge in [-0.2, -0.15) is 0 Å². The Morgan fingerprint density at radius 3 is 2.09 bits per heavy atom. The van der Waals surface area contributed by atoms with E-state index < -0.39 is 0 Å². The highest BCUT2D eigenvalue weighted by Gasteiger charge is 2.40. The first-order valence-corrected chi connectivity index (χ1v) is 11.8. The molecule has 3 aromatic carbocycles. The summed E-state index contributed by atoms with van der Waals surface area (Å²) < 4.78 is 5.61. The van der Waals surface area contributed by atoms with Crippen molar-refractivity contribution in [1.82, 2.24) is 15.1 Å². The van der Waals surface area contributed by atoms with Crippen molar-refractivity contribution < 1.29 is 9.53 Å². The molecule has 0 aliphatic carbocycles. The fourth-order valence-corrected chi connectivity index (χ4v) is 5.25. The van der Waals surface area contributed by atoms with E-state index in [0.717, 1.165) is 25.2 Å². The highest BCUT2D eigenvalue weighted by Crippen LogP contribution is 2.34. The molecule has 5 rings (SSSR count). The zero-order valence-electron chi connectivity index (χ0n) is 18.8. The van der Waals surface area contributed by atoms with E-state index in [1.54, 1.807) is 0 Å². The van der Waals surface area contributed by atoms with Crippen LogP contribution in [0.25, 0.3) is 0 Å². The topological polar surface area (TPSA) is 44.8 Å². The monoisotopic (exact) mass is 441 g/mol. The van der Waals surface area contributed by atoms with Gasteiger partial charge in [0.1, 0.15) is 6.61 Å². The fraction of sp³-hybridized carbons (Fsp3) is 0.321. The second kappa shape index (κ2) is 10.2. The molecule has 0 radical (unpaired) electrons. The van der Waals surface area contributed by atoms with E-state index in [2.05, 4.69) is 70.9 Å². The lowest BCUT2D eigenvalue weighted by atomic mass is 9.82. The van der Waals surface area contributed by atoms with Gasteiger partial charge in [0.15, 0.2) is 0 Å². The Labute approximate surface area is 196 Å². The number of benzene rings is 3. The summed E-state index contributed by atoms with van der Waals surface area (Å²) in [5.41, 5.74) is 3.68. The summed E-state index contributed by atoms with van der Waals surface area (Å²) in [4.78, 5) is 17.3. The lowest BCUT2D eigenvalue weighted by molar-refractivity contribution is 0.00851. The molecule has 0 bridgehead atoms. The minimum Gasteiger partial charge on any atom is -0.445 e. The van der Waals surface area contributed by atoms with E-state index in [9.17, 15) is 4.79 Å². The SMILES string of the molecule is O=C(OCc1ccccc1)N1CCN2[C@@H](CNC[C@@H]2C(c2ccccc2)c2ccccc2)C1. The second-order valence-corrected chi connectivity index (χ2v) is 8.90. The third kappa shape index (κ3) is 4.95. The number of fused-ring (bicyclic) bond motifs is 1. The normalized spacial score (nSPS) is 20.9. The van der Waals surface area contributed by atoms with Gasteiger partial charge in [-0.3, -0.25) is 4.90 Å². The molecule has 0 unspecified atom stereocenters. The maximum absolute atomic E-state index is 12.8. The number of nitrogens with one attached hydrogen (secondary N) is 1. The first kappa shape index (κ1) is 21.7. The van der Waals surface area contributed by atoms with Crippen LogP contribution in [-0.4, -0.2) is 60.7 Å². The van der Waals surface area contributed by atoms with E-state index in [0.29, 0.717) is 25.7 Å². The molecule has 2 aliphatic heterocycles. The molecule has 170 valence electrons. The van der Waals surface area contributed by atoms with Crippen molar-refractivity contribution in [3.8, 4) is 0 Å². The van der Waals surface area contributed by atoms with E-state index in [1.807, 2.05) is 35.2 Å². The van der Waals surface area contributed by atoms with Crippen LogP contribution in [0, 0.1) is 0 Å². The molecule has 2 heterocycles. The standard InChI is InChI=1S/C28H31N3O2/c32-28(33-21-22-10-4-1-5-11-22)30-16-17-31-25(20-30)18-29-19-26(31)27(23-12-6-2-7-13-23)24-14-8-3-9-15-24/h1-15,25-27,29H,16-21H2/t25-,26+/m0/s1. The van der Waals surface area contributed by atoms with Gasteiger partial charge in [0.2, 0.25) is 0 Å². The van der Waals surface area contributed by atoms with Crippen molar-refractivity contribution in [2.75, 3.05) is 32.7 Å². The van der Waals surface area contributed by atoms with Crippen molar-refractivity contribution in [2.45, 2.75) is 24.6 Å². The van der Waals surface area contributed by atoms with Crippen LogP contribution in [0.2, 0.25) is 0 Å². The average Bonchev–Trinajstić information content (AvgIpc) is 2.89. The van der Waals surface area contributed by atoms with Gasteiger partial charge in [-0.1, -0.05) is 91.0 Å². The number of carbonyl (C=O) groups excluding carboxylic acids is 1. The molecule has 5 nitrogen and oxygen atoms in total. The highest BCUT2D eigenvalue weighted by molar-refractivity contribution is 5.68. The molecule has 2 aliphatic rings. The number of amides is 1. The third-order valence-electron chi connectivity index (χ3n) is 6.85. The molecule has 2 saturated heterocycles. The Bertz CT molecular complexity index is 989.